The molecule has 0 heterocycles. The minimum absolute atomic E-state index is 0.400. The first kappa shape index (κ1) is 47.2. The largest absolute Gasteiger partial charge is 0.399 e. The maximum atomic E-state index is 6.24. The average Bonchev–Trinajstić information content (AvgIpc) is 3.22. The third-order valence-corrected chi connectivity index (χ3v) is 13.1. The molecule has 0 aliphatic heterocycles. The van der Waals surface area contributed by atoms with Crippen molar-refractivity contribution in [3.8, 4) is 0 Å². The van der Waals surface area contributed by atoms with Crippen LogP contribution in [0.2, 0.25) is 0 Å². The molecular formula is C56H84N2. The van der Waals surface area contributed by atoms with Gasteiger partial charge in [0.15, 0.2) is 0 Å². The Balaban J connectivity index is 1.50. The molecule has 2 heteroatoms. The van der Waals surface area contributed by atoms with Crippen molar-refractivity contribution < 1.29 is 0 Å². The van der Waals surface area contributed by atoms with Crippen molar-refractivity contribution in [2.24, 2.45) is 0 Å². The maximum absolute atomic E-state index is 6.24. The van der Waals surface area contributed by atoms with Gasteiger partial charge in [0.2, 0.25) is 0 Å². The summed E-state index contributed by atoms with van der Waals surface area (Å²) in [7, 11) is 0. The van der Waals surface area contributed by atoms with E-state index in [1.165, 1.54) is 199 Å². The summed E-state index contributed by atoms with van der Waals surface area (Å²) < 4.78 is 0. The average molecular weight is 785 g/mol. The number of nitrogen functional groups attached to an aromatic ring is 2. The first-order valence-electron chi connectivity index (χ1n) is 24.3. The van der Waals surface area contributed by atoms with E-state index in [0.717, 1.165) is 11.4 Å². The molecule has 58 heavy (non-hydrogen) atoms. The van der Waals surface area contributed by atoms with Crippen LogP contribution >= 0.6 is 0 Å². The maximum Gasteiger partial charge on any atom is 0.0316 e. The third kappa shape index (κ3) is 15.9. The number of rotatable bonds is 30. The second kappa shape index (κ2) is 27.3. The molecule has 0 aliphatic rings. The van der Waals surface area contributed by atoms with Gasteiger partial charge in [-0.3, -0.25) is 0 Å². The van der Waals surface area contributed by atoms with Crippen LogP contribution in [-0.4, -0.2) is 0 Å². The second-order valence-electron chi connectivity index (χ2n) is 18.0. The highest BCUT2D eigenvalue weighted by molar-refractivity contribution is 5.50. The summed E-state index contributed by atoms with van der Waals surface area (Å²) in [5.74, 6) is 1.20. The summed E-state index contributed by atoms with van der Waals surface area (Å²) in [5, 5.41) is 0. The Morgan fingerprint density at radius 2 is 0.586 bits per heavy atom. The zero-order valence-corrected chi connectivity index (χ0v) is 37.9. The fourth-order valence-electron chi connectivity index (χ4n) is 9.55. The van der Waals surface area contributed by atoms with Crippen LogP contribution in [0.5, 0.6) is 0 Å². The van der Waals surface area contributed by atoms with Gasteiger partial charge in [-0.25, -0.2) is 0 Å². The first-order valence-corrected chi connectivity index (χ1v) is 24.3. The fraction of sp³-hybridized carbons (Fsp3) is 0.571. The van der Waals surface area contributed by atoms with Gasteiger partial charge in [0.1, 0.15) is 0 Å². The van der Waals surface area contributed by atoms with Gasteiger partial charge in [-0.1, -0.05) is 216 Å². The highest BCUT2D eigenvalue weighted by Gasteiger charge is 2.21. The zero-order chi connectivity index (χ0) is 41.4. The van der Waals surface area contributed by atoms with Crippen molar-refractivity contribution in [1.29, 1.82) is 0 Å². The van der Waals surface area contributed by atoms with E-state index in [1.54, 1.807) is 0 Å². The van der Waals surface area contributed by atoms with Gasteiger partial charge in [-0.2, -0.15) is 0 Å². The molecule has 0 fully saturated rings. The molecular weight excluding hydrogens is 701 g/mol. The van der Waals surface area contributed by atoms with Gasteiger partial charge in [0.25, 0.3) is 0 Å². The topological polar surface area (TPSA) is 52.0 Å². The van der Waals surface area contributed by atoms with Crippen molar-refractivity contribution in [1.82, 2.24) is 0 Å². The summed E-state index contributed by atoms with van der Waals surface area (Å²) in [6.07, 6.45) is 31.8. The van der Waals surface area contributed by atoms with Crippen molar-refractivity contribution in [3.63, 3.8) is 0 Å². The monoisotopic (exact) mass is 785 g/mol. The molecule has 0 aliphatic carbocycles. The normalized spacial score (nSPS) is 13.1. The SMILES string of the molecule is CCCCCCCCCCCC(c1ccc(C(CCCCC)c2ccc(C(CCCCCCCCCCC)c3ccc(N)cc3C)cc2)cc1)c1ccc(N)cc1C. The van der Waals surface area contributed by atoms with Crippen molar-refractivity contribution >= 4 is 11.4 Å². The molecule has 318 valence electrons. The molecule has 4 rings (SSSR count). The number of anilines is 2. The smallest absolute Gasteiger partial charge is 0.0316 e. The lowest BCUT2D eigenvalue weighted by Gasteiger charge is -2.24. The number of hydrogen-bond donors (Lipinski definition) is 2. The Hall–Kier alpha value is -3.52. The number of benzene rings is 4. The van der Waals surface area contributed by atoms with Crippen LogP contribution in [0.1, 0.15) is 237 Å². The molecule has 4 aromatic rings. The lowest BCUT2D eigenvalue weighted by atomic mass is 9.81. The number of nitrogens with two attached hydrogens (primary N) is 2. The lowest BCUT2D eigenvalue weighted by Crippen LogP contribution is -2.07. The van der Waals surface area contributed by atoms with E-state index in [0.29, 0.717) is 17.8 Å². The van der Waals surface area contributed by atoms with Crippen LogP contribution in [0.3, 0.4) is 0 Å². The molecule has 0 radical (unpaired) electrons. The molecule has 0 bridgehead atoms. The number of hydrogen-bond acceptors (Lipinski definition) is 2. The van der Waals surface area contributed by atoms with Gasteiger partial charge in [0.05, 0.1) is 0 Å². The summed E-state index contributed by atoms with van der Waals surface area (Å²) in [6, 6.07) is 32.8. The highest BCUT2D eigenvalue weighted by Crippen LogP contribution is 2.38. The van der Waals surface area contributed by atoms with Crippen molar-refractivity contribution in [3.05, 3.63) is 129 Å². The van der Waals surface area contributed by atoms with Gasteiger partial charge < -0.3 is 11.5 Å². The third-order valence-electron chi connectivity index (χ3n) is 13.1. The Morgan fingerprint density at radius 3 is 0.914 bits per heavy atom. The van der Waals surface area contributed by atoms with Gasteiger partial charge in [-0.05, 0) is 102 Å². The minimum atomic E-state index is 0.400. The Labute approximate surface area is 357 Å². The Morgan fingerprint density at radius 1 is 0.328 bits per heavy atom. The van der Waals surface area contributed by atoms with Crippen LogP contribution in [0.15, 0.2) is 84.9 Å². The van der Waals surface area contributed by atoms with Gasteiger partial charge >= 0.3 is 0 Å². The van der Waals surface area contributed by atoms with Crippen LogP contribution in [0.4, 0.5) is 11.4 Å². The summed E-state index contributed by atoms with van der Waals surface area (Å²) >= 11 is 0. The van der Waals surface area contributed by atoms with E-state index in [2.05, 4.69) is 120 Å². The highest BCUT2D eigenvalue weighted by atomic mass is 14.5. The molecule has 4 aromatic carbocycles. The number of aryl methyl sites for hydroxylation is 2. The summed E-state index contributed by atoms with van der Waals surface area (Å²) in [4.78, 5) is 0. The standard InChI is InChI=1S/C56H84N2/c1-6-9-12-14-16-18-20-22-25-28-55(52-40-38-50(57)42-44(52)4)48-34-30-46(31-35-48)54(27-24-11-8-3)47-32-36-49(37-33-47)56(53-41-39-51(58)43-45(53)5)29-26-23-21-19-17-15-13-10-7-2/h30-43,54-56H,6-29,57-58H2,1-5H3. The quantitative estimate of drug-likeness (QED) is 0.0409. The van der Waals surface area contributed by atoms with E-state index in [-0.39, 0.29) is 0 Å². The van der Waals surface area contributed by atoms with Gasteiger partial charge in [-0.15, -0.1) is 0 Å². The molecule has 0 saturated heterocycles. The molecule has 2 unspecified atom stereocenters. The van der Waals surface area contributed by atoms with Crippen LogP contribution in [0, 0.1) is 13.8 Å². The van der Waals surface area contributed by atoms with Gasteiger partial charge in [0, 0.05) is 29.1 Å². The molecule has 4 N–H and O–H groups in total. The van der Waals surface area contributed by atoms with Crippen LogP contribution < -0.4 is 11.5 Å². The summed E-state index contributed by atoms with van der Waals surface area (Å²) in [6.45, 7) is 11.4. The molecule has 0 saturated carbocycles. The number of unbranched alkanes of at least 4 members (excludes halogenated alkanes) is 18. The molecule has 2 nitrogen and oxygen atoms in total. The fourth-order valence-corrected chi connectivity index (χ4v) is 9.55. The van der Waals surface area contributed by atoms with E-state index in [9.17, 15) is 0 Å². The molecule has 0 spiro atoms. The predicted octanol–water partition coefficient (Wildman–Crippen LogP) is 17.3. The summed E-state index contributed by atoms with van der Waals surface area (Å²) in [5.41, 5.74) is 25.5. The zero-order valence-electron chi connectivity index (χ0n) is 37.9. The lowest BCUT2D eigenvalue weighted by molar-refractivity contribution is 0.544. The Bertz CT molecular complexity index is 1550. The van der Waals surface area contributed by atoms with E-state index in [4.69, 9.17) is 11.5 Å². The van der Waals surface area contributed by atoms with E-state index < -0.39 is 0 Å². The van der Waals surface area contributed by atoms with E-state index >= 15 is 0 Å². The van der Waals surface area contributed by atoms with Crippen molar-refractivity contribution in [2.45, 2.75) is 206 Å². The second-order valence-corrected chi connectivity index (χ2v) is 18.0. The molecule has 2 atom stereocenters. The van der Waals surface area contributed by atoms with Crippen molar-refractivity contribution in [2.75, 3.05) is 11.5 Å². The molecule has 0 amide bonds. The van der Waals surface area contributed by atoms with Crippen LogP contribution in [0.25, 0.3) is 0 Å². The van der Waals surface area contributed by atoms with Crippen LogP contribution in [-0.2, 0) is 0 Å². The predicted molar refractivity (Wildman–Crippen MR) is 257 cm³/mol. The minimum Gasteiger partial charge on any atom is -0.399 e. The van der Waals surface area contributed by atoms with E-state index in [1.807, 2.05) is 0 Å². The molecule has 0 aromatic heterocycles. The Kier molecular flexibility index (Phi) is 22.2. The first-order chi connectivity index (χ1) is 28.4.